The average molecular weight is 184 g/mol. The van der Waals surface area contributed by atoms with Gasteiger partial charge in [0.1, 0.15) is 0 Å². The molecule has 0 aliphatic rings. The average Bonchev–Trinajstić information content (AvgIpc) is 2.12. The molecule has 13 heavy (non-hydrogen) atoms. The number of Topliss-reactive ketones (excluding diaryl/α,β-unsaturated/α-hetero) is 1. The summed E-state index contributed by atoms with van der Waals surface area (Å²) < 4.78 is 4.41. The molecular weight excluding hydrogens is 172 g/mol. The molecule has 0 amide bonds. The Morgan fingerprint density at radius 2 is 2.00 bits per heavy atom. The molecule has 0 rings (SSSR count). The van der Waals surface area contributed by atoms with Crippen LogP contribution in [0.1, 0.15) is 25.7 Å². The molecule has 0 spiro atoms. The van der Waals surface area contributed by atoms with Crippen molar-refractivity contribution in [2.75, 3.05) is 7.11 Å². The summed E-state index contributed by atoms with van der Waals surface area (Å²) in [5, 5.41) is 0. The minimum atomic E-state index is -0.275. The normalized spacial score (nSPS) is 8.69. The highest BCUT2D eigenvalue weighted by molar-refractivity contribution is 6.25. The van der Waals surface area contributed by atoms with E-state index in [0.29, 0.717) is 25.7 Å². The zero-order chi connectivity index (χ0) is 10.1. The molecule has 0 N–H and O–H groups in total. The fraction of sp³-hybridized carbons (Fsp3) is 0.625. The number of carbonyl (C=O) groups excluding carboxylic acids is 2. The number of methoxy groups -OCH3 is 1. The largest absolute Gasteiger partial charge is 0.469 e. The van der Waals surface area contributed by atoms with Gasteiger partial charge in [-0.05, 0) is 12.8 Å². The second kappa shape index (κ2) is 7.18. The highest BCUT2D eigenvalue weighted by Crippen LogP contribution is 2.00. The van der Waals surface area contributed by atoms with Gasteiger partial charge in [-0.2, -0.15) is 4.79 Å². The maximum atomic E-state index is 10.7. The second-order valence-corrected chi connectivity index (χ2v) is 2.49. The molecule has 0 radical (unpaired) electrons. The smallest absolute Gasteiger partial charge is 0.323 e. The zero-order valence-electron chi connectivity index (χ0n) is 7.52. The third-order valence-electron chi connectivity index (χ3n) is 1.48. The van der Waals surface area contributed by atoms with Crippen LogP contribution in [0.5, 0.6) is 0 Å². The quantitative estimate of drug-likeness (QED) is 0.199. The van der Waals surface area contributed by atoms with Crippen molar-refractivity contribution in [1.29, 1.82) is 0 Å². The standard InChI is InChI=1S/C8H12N2O3/c1-13-8(12)5-3-2-4-7(11)6-10-9/h6H,2-5H2,1H3. The first kappa shape index (κ1) is 11.5. The molecule has 0 saturated heterocycles. The van der Waals surface area contributed by atoms with Crippen LogP contribution in [0, 0.1) is 0 Å². The predicted octanol–water partition coefficient (Wildman–Crippen LogP) is 0.589. The highest BCUT2D eigenvalue weighted by atomic mass is 16.5. The van der Waals surface area contributed by atoms with E-state index in [-0.39, 0.29) is 11.8 Å². The number of esters is 1. The summed E-state index contributed by atoms with van der Waals surface area (Å²) in [5.74, 6) is -0.518. The summed E-state index contributed by atoms with van der Waals surface area (Å²) in [7, 11) is 1.33. The summed E-state index contributed by atoms with van der Waals surface area (Å²) >= 11 is 0. The van der Waals surface area contributed by atoms with E-state index in [1.807, 2.05) is 0 Å². The third-order valence-corrected chi connectivity index (χ3v) is 1.48. The van der Waals surface area contributed by atoms with Crippen LogP contribution in [0.4, 0.5) is 0 Å². The van der Waals surface area contributed by atoms with Gasteiger partial charge in [0.2, 0.25) is 5.78 Å². The molecule has 0 bridgehead atoms. The summed E-state index contributed by atoms with van der Waals surface area (Å²) in [5.41, 5.74) is 7.99. The van der Waals surface area contributed by atoms with Crippen LogP contribution in [0.25, 0.3) is 5.53 Å². The number of nitrogens with zero attached hydrogens (tertiary/aromatic N) is 2. The number of ketones is 1. The van der Waals surface area contributed by atoms with Crippen molar-refractivity contribution in [3.05, 3.63) is 5.53 Å². The molecule has 0 unspecified atom stereocenters. The van der Waals surface area contributed by atoms with Crippen molar-refractivity contribution in [3.63, 3.8) is 0 Å². The van der Waals surface area contributed by atoms with Gasteiger partial charge in [-0.25, -0.2) is 0 Å². The minimum absolute atomic E-state index is 0.243. The van der Waals surface area contributed by atoms with Crippen molar-refractivity contribution in [2.45, 2.75) is 25.7 Å². The predicted molar refractivity (Wildman–Crippen MR) is 45.2 cm³/mol. The Bertz CT molecular complexity index is 232. The van der Waals surface area contributed by atoms with E-state index in [4.69, 9.17) is 5.53 Å². The van der Waals surface area contributed by atoms with Gasteiger partial charge in [-0.1, -0.05) is 0 Å². The summed E-state index contributed by atoms with van der Waals surface area (Å²) in [6.07, 6.45) is 2.68. The van der Waals surface area contributed by atoms with Crippen LogP contribution in [0.15, 0.2) is 0 Å². The maximum Gasteiger partial charge on any atom is 0.323 e. The number of hydrogen-bond donors (Lipinski definition) is 0. The molecule has 72 valence electrons. The molecule has 0 aromatic carbocycles. The lowest BCUT2D eigenvalue weighted by Gasteiger charge is -1.96. The van der Waals surface area contributed by atoms with Crippen LogP contribution in [0.2, 0.25) is 0 Å². The van der Waals surface area contributed by atoms with Crippen LogP contribution in [-0.2, 0) is 14.3 Å². The van der Waals surface area contributed by atoms with Gasteiger partial charge in [-0.15, -0.1) is 0 Å². The maximum absolute atomic E-state index is 10.7. The van der Waals surface area contributed by atoms with Crippen molar-refractivity contribution in [2.24, 2.45) is 0 Å². The number of unbranched alkanes of at least 4 members (excludes halogenated alkanes) is 1. The Morgan fingerprint density at radius 1 is 1.38 bits per heavy atom. The van der Waals surface area contributed by atoms with Gasteiger partial charge in [0.25, 0.3) is 0 Å². The van der Waals surface area contributed by atoms with E-state index < -0.39 is 0 Å². The third kappa shape index (κ3) is 6.90. The van der Waals surface area contributed by atoms with E-state index in [1.54, 1.807) is 0 Å². The molecule has 0 aromatic heterocycles. The van der Waals surface area contributed by atoms with Crippen LogP contribution < -0.4 is 0 Å². The molecule has 0 fully saturated rings. The SMILES string of the molecule is COC(=O)CCCCC(=O)C=[N+]=[N-]. The molecule has 0 aromatic rings. The zero-order valence-corrected chi connectivity index (χ0v) is 7.52. The molecule has 0 aliphatic heterocycles. The molecule has 5 heteroatoms. The Hall–Kier alpha value is -1.48. The van der Waals surface area contributed by atoms with Crippen LogP contribution in [-0.4, -0.2) is 29.9 Å². The first-order valence-corrected chi connectivity index (χ1v) is 3.97. The lowest BCUT2D eigenvalue weighted by molar-refractivity contribution is -0.140. The molecule has 0 aliphatic carbocycles. The fourth-order valence-corrected chi connectivity index (χ4v) is 0.800. The topological polar surface area (TPSA) is 79.8 Å². The lowest BCUT2D eigenvalue weighted by Crippen LogP contribution is -2.02. The van der Waals surface area contributed by atoms with Crippen molar-refractivity contribution in [1.82, 2.24) is 0 Å². The molecule has 0 atom stereocenters. The van der Waals surface area contributed by atoms with E-state index in [2.05, 4.69) is 9.53 Å². The lowest BCUT2D eigenvalue weighted by atomic mass is 10.1. The van der Waals surface area contributed by atoms with Gasteiger partial charge >= 0.3 is 12.2 Å². The van der Waals surface area contributed by atoms with E-state index >= 15 is 0 Å². The van der Waals surface area contributed by atoms with Crippen molar-refractivity contribution >= 4 is 18.0 Å². The van der Waals surface area contributed by atoms with Gasteiger partial charge in [0.05, 0.1) is 7.11 Å². The Kier molecular flexibility index (Phi) is 6.37. The molecule has 0 saturated carbocycles. The monoisotopic (exact) mass is 184 g/mol. The highest BCUT2D eigenvalue weighted by Gasteiger charge is 2.04. The number of rotatable bonds is 6. The van der Waals surface area contributed by atoms with E-state index in [1.165, 1.54) is 7.11 Å². The first-order valence-electron chi connectivity index (χ1n) is 3.97. The van der Waals surface area contributed by atoms with Crippen molar-refractivity contribution < 1.29 is 19.1 Å². The second-order valence-electron chi connectivity index (χ2n) is 2.49. The van der Waals surface area contributed by atoms with Gasteiger partial charge in [0.15, 0.2) is 0 Å². The van der Waals surface area contributed by atoms with Gasteiger partial charge in [0, 0.05) is 12.8 Å². The molecule has 5 nitrogen and oxygen atoms in total. The van der Waals surface area contributed by atoms with Crippen LogP contribution >= 0.6 is 0 Å². The Balaban J connectivity index is 3.40. The molecular formula is C8H12N2O3. The van der Waals surface area contributed by atoms with E-state index in [9.17, 15) is 9.59 Å². The molecule has 0 heterocycles. The number of hydrogen-bond acceptors (Lipinski definition) is 3. The Morgan fingerprint density at radius 3 is 2.54 bits per heavy atom. The fourth-order valence-electron chi connectivity index (χ4n) is 0.800. The summed E-state index contributed by atoms with van der Waals surface area (Å²) in [6, 6.07) is 0. The summed E-state index contributed by atoms with van der Waals surface area (Å²) in [4.78, 5) is 23.9. The van der Waals surface area contributed by atoms with Gasteiger partial charge in [-0.3, -0.25) is 9.59 Å². The van der Waals surface area contributed by atoms with E-state index in [0.717, 1.165) is 6.21 Å². The number of carbonyl (C=O) groups is 2. The van der Waals surface area contributed by atoms with Crippen LogP contribution in [0.3, 0.4) is 0 Å². The first-order chi connectivity index (χ1) is 6.20. The Labute approximate surface area is 76.3 Å². The van der Waals surface area contributed by atoms with Crippen molar-refractivity contribution in [3.8, 4) is 0 Å². The summed E-state index contributed by atoms with van der Waals surface area (Å²) in [6.45, 7) is 0. The minimum Gasteiger partial charge on any atom is -0.469 e. The van der Waals surface area contributed by atoms with Gasteiger partial charge < -0.3 is 10.3 Å². The number of ether oxygens (including phenoxy) is 1.